The van der Waals surface area contributed by atoms with Gasteiger partial charge in [0.25, 0.3) is 0 Å². The van der Waals surface area contributed by atoms with Crippen LogP contribution in [0.15, 0.2) is 59.7 Å². The Kier molecular flexibility index (Phi) is 4.33. The molecule has 0 aliphatic heterocycles. The molecule has 0 radical (unpaired) electrons. The highest BCUT2D eigenvalue weighted by molar-refractivity contribution is 5.98. The van der Waals surface area contributed by atoms with E-state index < -0.39 is 0 Å². The maximum atomic E-state index is 13.9. The van der Waals surface area contributed by atoms with Gasteiger partial charge in [-0.3, -0.25) is 10.4 Å². The minimum absolute atomic E-state index is 0.302. The van der Waals surface area contributed by atoms with Gasteiger partial charge >= 0.3 is 0 Å². The number of rotatable bonds is 4. The Morgan fingerprint density at radius 2 is 1.60 bits per heavy atom. The number of hydrogen-bond donors (Lipinski definition) is 1. The van der Waals surface area contributed by atoms with Crippen LogP contribution in [-0.2, 0) is 0 Å². The first-order valence-corrected chi connectivity index (χ1v) is 11.2. The van der Waals surface area contributed by atoms with Gasteiger partial charge in [-0.1, -0.05) is 30.3 Å². The Hall–Kier alpha value is -2.75. The molecular formula is C26H26FN3. The van der Waals surface area contributed by atoms with Gasteiger partial charge in [-0.25, -0.2) is 4.39 Å². The highest BCUT2D eigenvalue weighted by Crippen LogP contribution is 2.59. The van der Waals surface area contributed by atoms with Crippen molar-refractivity contribution < 1.29 is 4.39 Å². The van der Waals surface area contributed by atoms with Gasteiger partial charge in [0, 0.05) is 22.6 Å². The third kappa shape index (κ3) is 3.10. The molecule has 4 aliphatic carbocycles. The molecule has 0 spiro atoms. The summed E-state index contributed by atoms with van der Waals surface area (Å²) in [7, 11) is 0. The summed E-state index contributed by atoms with van der Waals surface area (Å²) < 4.78 is 13.9. The number of hydrogen-bond acceptors (Lipinski definition) is 3. The topological polar surface area (TPSA) is 37.3 Å². The predicted octanol–water partition coefficient (Wildman–Crippen LogP) is 6.36. The van der Waals surface area contributed by atoms with Crippen LogP contribution < -0.4 is 5.43 Å². The summed E-state index contributed by atoms with van der Waals surface area (Å²) in [5, 5.41) is 5.44. The lowest BCUT2D eigenvalue weighted by molar-refractivity contribution is -0.00405. The van der Waals surface area contributed by atoms with Crippen molar-refractivity contribution >= 4 is 22.8 Å². The first-order chi connectivity index (χ1) is 14.7. The van der Waals surface area contributed by atoms with E-state index in [2.05, 4.69) is 34.8 Å². The van der Waals surface area contributed by atoms with Crippen molar-refractivity contribution in [3.05, 3.63) is 71.7 Å². The fourth-order valence-electron chi connectivity index (χ4n) is 6.63. The zero-order valence-electron chi connectivity index (χ0n) is 17.0. The maximum absolute atomic E-state index is 13.9. The van der Waals surface area contributed by atoms with Crippen LogP contribution in [0.3, 0.4) is 0 Å². The van der Waals surface area contributed by atoms with Crippen molar-refractivity contribution in [3.8, 4) is 0 Å². The summed E-state index contributed by atoms with van der Waals surface area (Å²) >= 11 is 0. The van der Waals surface area contributed by atoms with Crippen molar-refractivity contribution in [2.24, 2.45) is 28.8 Å². The number of pyridine rings is 1. The summed E-state index contributed by atoms with van der Waals surface area (Å²) in [5.41, 5.74) is 6.54. The third-order valence-electron chi connectivity index (χ3n) is 7.60. The van der Waals surface area contributed by atoms with Gasteiger partial charge in [0.1, 0.15) is 5.82 Å². The van der Waals surface area contributed by atoms with E-state index in [4.69, 9.17) is 4.98 Å². The maximum Gasteiger partial charge on any atom is 0.148 e. The fourth-order valence-corrected chi connectivity index (χ4v) is 6.63. The van der Waals surface area contributed by atoms with E-state index in [1.54, 1.807) is 18.2 Å². The largest absolute Gasteiger partial charge is 0.276 e. The molecule has 0 atom stereocenters. The highest BCUT2D eigenvalue weighted by Gasteiger charge is 2.49. The molecule has 4 fully saturated rings. The van der Waals surface area contributed by atoms with Crippen LogP contribution in [0.1, 0.15) is 49.3 Å². The molecule has 4 aliphatic rings. The lowest BCUT2D eigenvalue weighted by atomic mass is 9.51. The predicted molar refractivity (Wildman–Crippen MR) is 119 cm³/mol. The van der Waals surface area contributed by atoms with Gasteiger partial charge in [-0.05, 0) is 80.0 Å². The second-order valence-electron chi connectivity index (χ2n) is 9.46. The van der Waals surface area contributed by atoms with Crippen LogP contribution in [0, 0.1) is 29.5 Å². The van der Waals surface area contributed by atoms with Crippen LogP contribution in [0.5, 0.6) is 0 Å². The quantitative estimate of drug-likeness (QED) is 0.409. The second kappa shape index (κ2) is 7.19. The molecule has 4 bridgehead atoms. The fraction of sp³-hybridized carbons (Fsp3) is 0.385. The van der Waals surface area contributed by atoms with Crippen molar-refractivity contribution in [1.29, 1.82) is 0 Å². The van der Waals surface area contributed by atoms with Crippen molar-refractivity contribution in [3.63, 3.8) is 0 Å². The summed E-state index contributed by atoms with van der Waals surface area (Å²) in [6, 6.07) is 17.1. The standard InChI is InChI=1S/C26H26FN3/c27-22-6-2-4-8-24(22)30-28-15-20-14-25(29-23-7-3-1-5-21(20)23)26-18-10-16-9-17(12-18)13-19(26)11-16/h1-8,14-19,26,30H,9-13H2/b28-15-. The number of anilines is 1. The Morgan fingerprint density at radius 1 is 0.900 bits per heavy atom. The monoisotopic (exact) mass is 399 g/mol. The van der Waals surface area contributed by atoms with Crippen molar-refractivity contribution in [1.82, 2.24) is 4.98 Å². The molecule has 152 valence electrons. The van der Waals surface area contributed by atoms with Crippen molar-refractivity contribution in [2.75, 3.05) is 5.43 Å². The molecule has 1 aromatic heterocycles. The van der Waals surface area contributed by atoms with Gasteiger partial charge in [-0.15, -0.1) is 0 Å². The Labute approximate surface area is 176 Å². The molecule has 0 saturated heterocycles. The summed E-state index contributed by atoms with van der Waals surface area (Å²) in [6.45, 7) is 0. The van der Waals surface area contributed by atoms with Crippen LogP contribution in [-0.4, -0.2) is 11.2 Å². The highest BCUT2D eigenvalue weighted by atomic mass is 19.1. The van der Waals surface area contributed by atoms with Crippen LogP contribution in [0.25, 0.3) is 10.9 Å². The number of fused-ring (bicyclic) bond motifs is 1. The first-order valence-electron chi connectivity index (χ1n) is 11.2. The van der Waals surface area contributed by atoms with E-state index in [1.807, 2.05) is 12.3 Å². The van der Waals surface area contributed by atoms with E-state index >= 15 is 0 Å². The minimum atomic E-state index is -0.302. The molecule has 4 heteroatoms. The molecular weight excluding hydrogens is 373 g/mol. The molecule has 2 aromatic carbocycles. The van der Waals surface area contributed by atoms with Gasteiger partial charge < -0.3 is 0 Å². The Morgan fingerprint density at radius 3 is 2.37 bits per heavy atom. The van der Waals surface area contributed by atoms with Crippen LogP contribution in [0.2, 0.25) is 0 Å². The van der Waals surface area contributed by atoms with Gasteiger partial charge in [0.15, 0.2) is 0 Å². The molecule has 0 amide bonds. The van der Waals surface area contributed by atoms with Gasteiger partial charge in [0.2, 0.25) is 0 Å². The number of benzene rings is 2. The summed E-state index contributed by atoms with van der Waals surface area (Å²) in [6.07, 6.45) is 8.80. The number of hydrazone groups is 1. The number of para-hydroxylation sites is 2. The number of nitrogens with one attached hydrogen (secondary N) is 1. The molecule has 3 aromatic rings. The first kappa shape index (κ1) is 18.1. The SMILES string of the molecule is Fc1ccccc1N/N=C\c1cc(C2C3CC4CC(C3)CC2C4)nc2ccccc12. The summed E-state index contributed by atoms with van der Waals surface area (Å²) in [4.78, 5) is 5.12. The number of halogens is 1. The molecule has 0 unspecified atom stereocenters. The van der Waals surface area contributed by atoms with E-state index in [0.717, 1.165) is 40.1 Å². The van der Waals surface area contributed by atoms with E-state index in [9.17, 15) is 4.39 Å². The van der Waals surface area contributed by atoms with Crippen LogP contribution >= 0.6 is 0 Å². The lowest BCUT2D eigenvalue weighted by Gasteiger charge is -2.54. The van der Waals surface area contributed by atoms with Gasteiger partial charge in [-0.2, -0.15) is 5.10 Å². The molecule has 4 saturated carbocycles. The molecule has 1 N–H and O–H groups in total. The molecule has 7 rings (SSSR count). The molecule has 30 heavy (non-hydrogen) atoms. The average Bonchev–Trinajstić information content (AvgIpc) is 2.74. The third-order valence-corrected chi connectivity index (χ3v) is 7.60. The molecule has 3 nitrogen and oxygen atoms in total. The van der Waals surface area contributed by atoms with E-state index in [1.165, 1.54) is 43.9 Å². The molecule has 1 heterocycles. The van der Waals surface area contributed by atoms with E-state index in [-0.39, 0.29) is 5.82 Å². The van der Waals surface area contributed by atoms with E-state index in [0.29, 0.717) is 11.6 Å². The smallest absolute Gasteiger partial charge is 0.148 e. The van der Waals surface area contributed by atoms with Crippen LogP contribution in [0.4, 0.5) is 10.1 Å². The van der Waals surface area contributed by atoms with Gasteiger partial charge in [0.05, 0.1) is 17.4 Å². The number of nitrogens with zero attached hydrogens (tertiary/aromatic N) is 2. The number of aromatic nitrogens is 1. The zero-order valence-corrected chi connectivity index (χ0v) is 17.0. The Balaban J connectivity index is 1.36. The average molecular weight is 400 g/mol. The van der Waals surface area contributed by atoms with Crippen molar-refractivity contribution in [2.45, 2.75) is 38.0 Å². The zero-order chi connectivity index (χ0) is 20.1. The summed E-state index contributed by atoms with van der Waals surface area (Å²) in [5.74, 6) is 3.76. The lowest BCUT2D eigenvalue weighted by Crippen LogP contribution is -2.44. The second-order valence-corrected chi connectivity index (χ2v) is 9.46. The minimum Gasteiger partial charge on any atom is -0.276 e. The Bertz CT molecular complexity index is 1090. The normalized spacial score (nSPS) is 29.7.